The summed E-state index contributed by atoms with van der Waals surface area (Å²) in [6.45, 7) is -0.321. The van der Waals surface area contributed by atoms with Crippen molar-refractivity contribution in [3.05, 3.63) is 45.9 Å². The highest BCUT2D eigenvalue weighted by atomic mass is 32.1. The molecule has 1 aromatic heterocycles. The molecule has 0 aliphatic carbocycles. The largest absolute Gasteiger partial charge is 0.484 e. The van der Waals surface area contributed by atoms with E-state index in [2.05, 4.69) is 4.98 Å². The number of ether oxygens (including phenoxy) is 1. The smallest absolute Gasteiger partial charge is 0.434 e. The number of halogens is 3. The third kappa shape index (κ3) is 5.18. The topological polar surface area (TPSA) is 85.5 Å². The van der Waals surface area contributed by atoms with Crippen LogP contribution in [0.15, 0.2) is 29.6 Å². The van der Waals surface area contributed by atoms with Crippen LogP contribution in [0.25, 0.3) is 0 Å². The van der Waals surface area contributed by atoms with Gasteiger partial charge in [0.05, 0.1) is 6.54 Å². The summed E-state index contributed by atoms with van der Waals surface area (Å²) in [5.41, 5.74) is 4.31. The molecule has 10 heteroatoms. The number of hydrogen-bond acceptors (Lipinski definition) is 5. The molecule has 0 saturated carbocycles. The van der Waals surface area contributed by atoms with Gasteiger partial charge in [-0.25, -0.2) is 4.98 Å². The number of hydrogen-bond donors (Lipinski definition) is 1. The molecule has 0 aliphatic heterocycles. The maximum atomic E-state index is 12.5. The van der Waals surface area contributed by atoms with Gasteiger partial charge in [0.25, 0.3) is 11.8 Å². The van der Waals surface area contributed by atoms with Gasteiger partial charge in [0.1, 0.15) is 10.8 Å². The molecule has 0 aliphatic rings. The lowest BCUT2D eigenvalue weighted by atomic mass is 10.2. The molecule has 6 nitrogen and oxygen atoms in total. The number of alkyl halides is 3. The van der Waals surface area contributed by atoms with Crippen molar-refractivity contribution in [2.24, 2.45) is 5.73 Å². The molecule has 0 fully saturated rings. The molecule has 25 heavy (non-hydrogen) atoms. The van der Waals surface area contributed by atoms with Gasteiger partial charge in [0, 0.05) is 18.0 Å². The Labute approximate surface area is 145 Å². The minimum absolute atomic E-state index is 0.0422. The maximum absolute atomic E-state index is 12.5. The number of nitrogens with two attached hydrogens (primary N) is 1. The molecule has 0 saturated heterocycles. The second-order valence-electron chi connectivity index (χ2n) is 5.06. The highest BCUT2D eigenvalue weighted by Crippen LogP contribution is 2.30. The molecule has 2 N–H and O–H groups in total. The molecule has 0 bridgehead atoms. The Balaban J connectivity index is 1.99. The summed E-state index contributed by atoms with van der Waals surface area (Å²) in [5.74, 6) is -0.639. The van der Waals surface area contributed by atoms with Gasteiger partial charge in [-0.2, -0.15) is 13.2 Å². The molecule has 134 valence electrons. The molecule has 0 radical (unpaired) electrons. The van der Waals surface area contributed by atoms with Crippen molar-refractivity contribution in [2.45, 2.75) is 12.7 Å². The van der Waals surface area contributed by atoms with Crippen LogP contribution < -0.4 is 10.5 Å². The molecule has 1 aromatic carbocycles. The Morgan fingerprint density at radius 3 is 2.44 bits per heavy atom. The second kappa shape index (κ2) is 7.51. The number of amides is 2. The molecular weight excluding hydrogens is 359 g/mol. The van der Waals surface area contributed by atoms with Crippen LogP contribution in [0.3, 0.4) is 0 Å². The first-order chi connectivity index (χ1) is 11.7. The van der Waals surface area contributed by atoms with Gasteiger partial charge < -0.3 is 15.4 Å². The maximum Gasteiger partial charge on any atom is 0.434 e. The van der Waals surface area contributed by atoms with Crippen molar-refractivity contribution in [3.63, 3.8) is 0 Å². The zero-order valence-electron chi connectivity index (χ0n) is 13.0. The van der Waals surface area contributed by atoms with Crippen molar-refractivity contribution < 1.29 is 27.5 Å². The highest BCUT2D eigenvalue weighted by Gasteiger charge is 2.33. The molecular formula is C15H14F3N3O3S. The fourth-order valence-corrected chi connectivity index (χ4v) is 2.71. The van der Waals surface area contributed by atoms with Crippen molar-refractivity contribution in [3.8, 4) is 5.75 Å². The Morgan fingerprint density at radius 1 is 1.28 bits per heavy atom. The van der Waals surface area contributed by atoms with Crippen LogP contribution in [0.5, 0.6) is 5.75 Å². The predicted molar refractivity (Wildman–Crippen MR) is 84.0 cm³/mol. The summed E-state index contributed by atoms with van der Waals surface area (Å²) >= 11 is 0.840. The van der Waals surface area contributed by atoms with Crippen LogP contribution in [0, 0.1) is 0 Å². The van der Waals surface area contributed by atoms with Crippen LogP contribution in [0.4, 0.5) is 13.2 Å². The van der Waals surface area contributed by atoms with E-state index in [1.54, 1.807) is 0 Å². The number of carbonyl (C=O) groups is 2. The zero-order chi connectivity index (χ0) is 18.6. The van der Waals surface area contributed by atoms with E-state index in [0.29, 0.717) is 11.3 Å². The average Bonchev–Trinajstić information content (AvgIpc) is 3.01. The fraction of sp³-hybridized carbons (Fsp3) is 0.267. The molecule has 0 spiro atoms. The van der Waals surface area contributed by atoms with Gasteiger partial charge in [0.15, 0.2) is 12.3 Å². The zero-order valence-corrected chi connectivity index (χ0v) is 13.9. The SMILES string of the molecule is CN(Cc1nc(C(F)(F)F)cs1)C(=O)c1ccc(OCC(N)=O)cc1. The number of nitrogens with zero attached hydrogens (tertiary/aromatic N) is 2. The molecule has 1 heterocycles. The van der Waals surface area contributed by atoms with E-state index < -0.39 is 17.8 Å². The first-order valence-corrected chi connectivity index (χ1v) is 7.83. The number of thiazole rings is 1. The van der Waals surface area contributed by atoms with Gasteiger partial charge in [0.2, 0.25) is 0 Å². The van der Waals surface area contributed by atoms with Crippen molar-refractivity contribution in [1.29, 1.82) is 0 Å². The molecule has 2 amide bonds. The van der Waals surface area contributed by atoms with E-state index in [-0.39, 0.29) is 24.1 Å². The summed E-state index contributed by atoms with van der Waals surface area (Å²) < 4.78 is 42.7. The van der Waals surface area contributed by atoms with E-state index in [9.17, 15) is 22.8 Å². The van der Waals surface area contributed by atoms with Crippen LogP contribution in [-0.2, 0) is 17.5 Å². The third-order valence-corrected chi connectivity index (χ3v) is 3.88. The number of carbonyl (C=O) groups excluding carboxylic acids is 2. The van der Waals surface area contributed by atoms with Gasteiger partial charge in [-0.05, 0) is 24.3 Å². The van der Waals surface area contributed by atoms with Crippen molar-refractivity contribution >= 4 is 23.2 Å². The Hall–Kier alpha value is -2.62. The van der Waals surface area contributed by atoms with E-state index in [1.807, 2.05) is 0 Å². The highest BCUT2D eigenvalue weighted by molar-refractivity contribution is 7.09. The number of benzene rings is 1. The van der Waals surface area contributed by atoms with Gasteiger partial charge in [-0.1, -0.05) is 0 Å². The second-order valence-corrected chi connectivity index (χ2v) is 6.01. The normalized spacial score (nSPS) is 11.2. The summed E-state index contributed by atoms with van der Waals surface area (Å²) in [7, 11) is 1.47. The minimum atomic E-state index is -4.50. The average molecular weight is 373 g/mol. The van der Waals surface area contributed by atoms with E-state index in [0.717, 1.165) is 16.7 Å². The van der Waals surface area contributed by atoms with E-state index in [1.165, 1.54) is 36.2 Å². The van der Waals surface area contributed by atoms with E-state index >= 15 is 0 Å². The first kappa shape index (κ1) is 18.7. The lowest BCUT2D eigenvalue weighted by Gasteiger charge is -2.16. The van der Waals surface area contributed by atoms with Crippen molar-refractivity contribution in [2.75, 3.05) is 13.7 Å². The number of rotatable bonds is 6. The summed E-state index contributed by atoms with van der Waals surface area (Å²) in [4.78, 5) is 27.7. The molecule has 0 atom stereocenters. The van der Waals surface area contributed by atoms with Crippen LogP contribution in [0.2, 0.25) is 0 Å². The van der Waals surface area contributed by atoms with Gasteiger partial charge >= 0.3 is 6.18 Å². The third-order valence-electron chi connectivity index (χ3n) is 3.04. The van der Waals surface area contributed by atoms with E-state index in [4.69, 9.17) is 10.5 Å². The van der Waals surface area contributed by atoms with Gasteiger partial charge in [-0.3, -0.25) is 9.59 Å². The predicted octanol–water partition coefficient (Wildman–Crippen LogP) is 2.30. The van der Waals surface area contributed by atoms with Gasteiger partial charge in [-0.15, -0.1) is 11.3 Å². The van der Waals surface area contributed by atoms with Crippen LogP contribution in [-0.4, -0.2) is 35.4 Å². The summed E-state index contributed by atoms with van der Waals surface area (Å²) in [5, 5.41) is 1.10. The van der Waals surface area contributed by atoms with Crippen molar-refractivity contribution in [1.82, 2.24) is 9.88 Å². The first-order valence-electron chi connectivity index (χ1n) is 6.95. The fourth-order valence-electron chi connectivity index (χ4n) is 1.86. The summed E-state index contributed by atoms with van der Waals surface area (Å²) in [6, 6.07) is 5.96. The lowest BCUT2D eigenvalue weighted by Crippen LogP contribution is -2.26. The standard InChI is InChI=1S/C15H14F3N3O3S/c1-21(6-13-20-11(8-25-13)15(16,17)18)14(23)9-2-4-10(5-3-9)24-7-12(19)22/h2-5,8H,6-7H2,1H3,(H2,19,22). The molecule has 0 unspecified atom stereocenters. The number of aromatic nitrogens is 1. The molecule has 2 aromatic rings. The lowest BCUT2D eigenvalue weighted by molar-refractivity contribution is -0.140. The molecule has 2 rings (SSSR count). The summed E-state index contributed by atoms with van der Waals surface area (Å²) in [6.07, 6.45) is -4.50. The number of primary amides is 1. The van der Waals surface area contributed by atoms with Crippen LogP contribution in [0.1, 0.15) is 21.1 Å². The Kier molecular flexibility index (Phi) is 5.62. The Bertz CT molecular complexity index is 759. The Morgan fingerprint density at radius 2 is 1.92 bits per heavy atom. The monoisotopic (exact) mass is 373 g/mol. The quantitative estimate of drug-likeness (QED) is 0.842. The van der Waals surface area contributed by atoms with Crippen LogP contribution >= 0.6 is 11.3 Å². The minimum Gasteiger partial charge on any atom is -0.484 e.